The molecule has 28 heavy (non-hydrogen) atoms. The summed E-state index contributed by atoms with van der Waals surface area (Å²) < 4.78 is 7.62. The summed E-state index contributed by atoms with van der Waals surface area (Å²) in [7, 11) is 0. The van der Waals surface area contributed by atoms with Crippen LogP contribution in [0.1, 0.15) is 19.7 Å². The molecule has 146 valence electrons. The van der Waals surface area contributed by atoms with Crippen LogP contribution < -0.4 is 15.4 Å². The molecule has 7 heteroatoms. The van der Waals surface area contributed by atoms with Crippen molar-refractivity contribution in [1.82, 2.24) is 20.2 Å². The lowest BCUT2D eigenvalue weighted by Crippen LogP contribution is -2.40. The van der Waals surface area contributed by atoms with Gasteiger partial charge in [-0.15, -0.1) is 0 Å². The molecule has 0 saturated carbocycles. The number of imidazole rings is 1. The Morgan fingerprint density at radius 2 is 1.75 bits per heavy atom. The molecule has 3 rings (SSSR count). The van der Waals surface area contributed by atoms with Gasteiger partial charge in [-0.3, -0.25) is 9.59 Å². The van der Waals surface area contributed by atoms with Gasteiger partial charge in [0, 0.05) is 6.04 Å². The van der Waals surface area contributed by atoms with Crippen molar-refractivity contribution in [2.45, 2.75) is 33.0 Å². The molecule has 0 aliphatic rings. The lowest BCUT2D eigenvalue weighted by atomic mass is 10.3. The van der Waals surface area contributed by atoms with Gasteiger partial charge in [-0.1, -0.05) is 30.3 Å². The van der Waals surface area contributed by atoms with Crippen LogP contribution in [0.4, 0.5) is 0 Å². The number of nitrogens with zero attached hydrogens (tertiary/aromatic N) is 2. The predicted molar refractivity (Wildman–Crippen MR) is 107 cm³/mol. The van der Waals surface area contributed by atoms with Gasteiger partial charge >= 0.3 is 0 Å². The van der Waals surface area contributed by atoms with Gasteiger partial charge in [0.2, 0.25) is 11.8 Å². The highest BCUT2D eigenvalue weighted by Gasteiger charge is 2.15. The maximum atomic E-state index is 12.4. The van der Waals surface area contributed by atoms with E-state index >= 15 is 0 Å². The van der Waals surface area contributed by atoms with Crippen LogP contribution in [0.5, 0.6) is 5.75 Å². The van der Waals surface area contributed by atoms with Gasteiger partial charge < -0.3 is 19.9 Å². The molecule has 0 aliphatic carbocycles. The van der Waals surface area contributed by atoms with Crippen molar-refractivity contribution in [2.24, 2.45) is 0 Å². The number of nitrogens with one attached hydrogen (secondary N) is 2. The number of rotatable bonds is 8. The van der Waals surface area contributed by atoms with E-state index in [0.717, 1.165) is 16.8 Å². The maximum absolute atomic E-state index is 12.4. The third kappa shape index (κ3) is 5.09. The van der Waals surface area contributed by atoms with E-state index in [0.29, 0.717) is 5.82 Å². The number of fused-ring (bicyclic) bond motifs is 1. The Hall–Kier alpha value is -3.35. The summed E-state index contributed by atoms with van der Waals surface area (Å²) in [4.78, 5) is 28.7. The number of aromatic nitrogens is 2. The monoisotopic (exact) mass is 380 g/mol. The first-order valence-corrected chi connectivity index (χ1v) is 9.21. The molecule has 0 unspecified atom stereocenters. The number of hydrogen-bond donors (Lipinski definition) is 2. The SMILES string of the molecule is CC(C)NC(=O)CNC(=O)Cn1c(COc2ccccc2)nc2ccccc21. The van der Waals surface area contributed by atoms with Crippen molar-refractivity contribution >= 4 is 22.8 Å². The number of hydrogen-bond acceptors (Lipinski definition) is 4. The predicted octanol–water partition coefficient (Wildman–Crippen LogP) is 2.26. The van der Waals surface area contributed by atoms with E-state index in [1.54, 1.807) is 0 Å². The average Bonchev–Trinajstić information content (AvgIpc) is 3.02. The summed E-state index contributed by atoms with van der Waals surface area (Å²) in [6.45, 7) is 3.98. The second kappa shape index (κ2) is 9.03. The van der Waals surface area contributed by atoms with Crippen LogP contribution in [0.3, 0.4) is 0 Å². The van der Waals surface area contributed by atoms with Crippen molar-refractivity contribution in [3.8, 4) is 5.75 Å². The topological polar surface area (TPSA) is 85.2 Å². The van der Waals surface area contributed by atoms with Gasteiger partial charge in [0.1, 0.15) is 24.7 Å². The van der Waals surface area contributed by atoms with Crippen LogP contribution in [0, 0.1) is 0 Å². The molecule has 2 N–H and O–H groups in total. The fourth-order valence-electron chi connectivity index (χ4n) is 2.83. The highest BCUT2D eigenvalue weighted by atomic mass is 16.5. The van der Waals surface area contributed by atoms with Gasteiger partial charge in [-0.2, -0.15) is 0 Å². The molecular weight excluding hydrogens is 356 g/mol. The standard InChI is InChI=1S/C21H24N4O3/c1-15(2)23-20(26)12-22-21(27)13-25-18-11-7-6-10-17(18)24-19(25)14-28-16-8-4-3-5-9-16/h3-11,15H,12-14H2,1-2H3,(H,22,27)(H,23,26). The smallest absolute Gasteiger partial charge is 0.240 e. The summed E-state index contributed by atoms with van der Waals surface area (Å²) in [6.07, 6.45) is 0. The summed E-state index contributed by atoms with van der Waals surface area (Å²) in [5, 5.41) is 5.40. The summed E-state index contributed by atoms with van der Waals surface area (Å²) >= 11 is 0. The number of benzene rings is 2. The summed E-state index contributed by atoms with van der Waals surface area (Å²) in [5.74, 6) is 0.900. The first kappa shape index (κ1) is 19.4. The van der Waals surface area contributed by atoms with Gasteiger partial charge in [-0.25, -0.2) is 4.98 Å². The van der Waals surface area contributed by atoms with Crippen LogP contribution in [-0.2, 0) is 22.7 Å². The Balaban J connectivity index is 1.71. The van der Waals surface area contributed by atoms with Crippen molar-refractivity contribution in [3.63, 3.8) is 0 Å². The number of carbonyl (C=O) groups excluding carboxylic acids is 2. The van der Waals surface area contributed by atoms with E-state index in [1.807, 2.05) is 73.0 Å². The molecule has 3 aromatic rings. The van der Waals surface area contributed by atoms with Crippen LogP contribution in [0.25, 0.3) is 11.0 Å². The molecule has 2 amide bonds. The molecule has 0 spiro atoms. The Morgan fingerprint density at radius 3 is 2.50 bits per heavy atom. The lowest BCUT2D eigenvalue weighted by Gasteiger charge is -2.12. The zero-order chi connectivity index (χ0) is 19.9. The van der Waals surface area contributed by atoms with E-state index < -0.39 is 0 Å². The molecular formula is C21H24N4O3. The average molecular weight is 380 g/mol. The van der Waals surface area contributed by atoms with E-state index in [2.05, 4.69) is 15.6 Å². The van der Waals surface area contributed by atoms with E-state index in [1.165, 1.54) is 0 Å². The molecule has 0 saturated heterocycles. The maximum Gasteiger partial charge on any atom is 0.240 e. The molecule has 1 aromatic heterocycles. The third-order valence-electron chi connectivity index (χ3n) is 4.04. The molecule has 7 nitrogen and oxygen atoms in total. The minimum Gasteiger partial charge on any atom is -0.486 e. The molecule has 0 radical (unpaired) electrons. The normalized spacial score (nSPS) is 10.8. The lowest BCUT2D eigenvalue weighted by molar-refractivity contribution is -0.126. The van der Waals surface area contributed by atoms with Crippen molar-refractivity contribution < 1.29 is 14.3 Å². The fraction of sp³-hybridized carbons (Fsp3) is 0.286. The van der Waals surface area contributed by atoms with Gasteiger partial charge in [-0.05, 0) is 38.1 Å². The Bertz CT molecular complexity index is 951. The quantitative estimate of drug-likeness (QED) is 0.628. The highest BCUT2D eigenvalue weighted by molar-refractivity contribution is 5.86. The van der Waals surface area contributed by atoms with Crippen LogP contribution in [0.2, 0.25) is 0 Å². The van der Waals surface area contributed by atoms with Crippen LogP contribution >= 0.6 is 0 Å². The van der Waals surface area contributed by atoms with Crippen molar-refractivity contribution in [3.05, 3.63) is 60.4 Å². The summed E-state index contributed by atoms with van der Waals surface area (Å²) in [6, 6.07) is 17.1. The number of carbonyl (C=O) groups is 2. The number of para-hydroxylation sites is 3. The molecule has 0 bridgehead atoms. The van der Waals surface area contributed by atoms with Crippen LogP contribution in [-0.4, -0.2) is 34.0 Å². The van der Waals surface area contributed by atoms with Gasteiger partial charge in [0.25, 0.3) is 0 Å². The molecule has 0 atom stereocenters. The Labute approximate surface area is 163 Å². The van der Waals surface area contributed by atoms with Crippen molar-refractivity contribution in [1.29, 1.82) is 0 Å². The zero-order valence-electron chi connectivity index (χ0n) is 16.0. The first-order chi connectivity index (χ1) is 13.5. The van der Waals surface area contributed by atoms with E-state index in [-0.39, 0.29) is 37.6 Å². The van der Waals surface area contributed by atoms with E-state index in [4.69, 9.17) is 4.74 Å². The zero-order valence-corrected chi connectivity index (χ0v) is 16.0. The molecule has 1 heterocycles. The van der Waals surface area contributed by atoms with E-state index in [9.17, 15) is 9.59 Å². The molecule has 0 fully saturated rings. The number of amides is 2. The Morgan fingerprint density at radius 1 is 1.04 bits per heavy atom. The molecule has 0 aliphatic heterocycles. The van der Waals surface area contributed by atoms with Crippen molar-refractivity contribution in [2.75, 3.05) is 6.54 Å². The summed E-state index contributed by atoms with van der Waals surface area (Å²) in [5.41, 5.74) is 1.63. The second-order valence-electron chi connectivity index (χ2n) is 6.70. The minimum absolute atomic E-state index is 0.0312. The highest BCUT2D eigenvalue weighted by Crippen LogP contribution is 2.18. The largest absolute Gasteiger partial charge is 0.486 e. The minimum atomic E-state index is -0.261. The third-order valence-corrected chi connectivity index (χ3v) is 4.04. The van der Waals surface area contributed by atoms with Crippen LogP contribution in [0.15, 0.2) is 54.6 Å². The second-order valence-corrected chi connectivity index (χ2v) is 6.70. The first-order valence-electron chi connectivity index (χ1n) is 9.21. The fourth-order valence-corrected chi connectivity index (χ4v) is 2.83. The Kier molecular flexibility index (Phi) is 6.26. The van der Waals surface area contributed by atoms with Gasteiger partial charge in [0.05, 0.1) is 17.6 Å². The van der Waals surface area contributed by atoms with Gasteiger partial charge in [0.15, 0.2) is 0 Å². The molecule has 2 aromatic carbocycles. The number of ether oxygens (including phenoxy) is 1.